The van der Waals surface area contributed by atoms with E-state index in [1.54, 1.807) is 0 Å². The molecule has 0 aromatic rings. The van der Waals surface area contributed by atoms with Crippen molar-refractivity contribution >= 4 is 5.78 Å². The lowest BCUT2D eigenvalue weighted by Gasteiger charge is -2.57. The number of nitrogens with two attached hydrogens (primary N) is 1. The van der Waals surface area contributed by atoms with Crippen LogP contribution in [0.25, 0.3) is 0 Å². The van der Waals surface area contributed by atoms with Crippen molar-refractivity contribution in [2.24, 2.45) is 23.5 Å². The van der Waals surface area contributed by atoms with Gasteiger partial charge >= 0.3 is 0 Å². The minimum Gasteiger partial charge on any atom is -0.470 e. The molecule has 4 heteroatoms. The summed E-state index contributed by atoms with van der Waals surface area (Å²) in [5.41, 5.74) is 6.54. The predicted molar refractivity (Wildman–Crippen MR) is 71.1 cm³/mol. The maximum Gasteiger partial charge on any atom is 0.202 e. The Hall–Kier alpha value is -1.03. The molecule has 5 rings (SSSR count). The summed E-state index contributed by atoms with van der Waals surface area (Å²) in [7, 11) is 0. The van der Waals surface area contributed by atoms with E-state index in [1.807, 2.05) is 0 Å². The molecule has 104 valence electrons. The van der Waals surface area contributed by atoms with Gasteiger partial charge in [-0.05, 0) is 56.3 Å². The van der Waals surface area contributed by atoms with Gasteiger partial charge in [-0.15, -0.1) is 0 Å². The molecule has 19 heavy (non-hydrogen) atoms. The molecule has 4 fully saturated rings. The average molecular weight is 262 g/mol. The van der Waals surface area contributed by atoms with Gasteiger partial charge in [0, 0.05) is 12.1 Å². The highest BCUT2D eigenvalue weighted by Gasteiger charge is 2.51. The van der Waals surface area contributed by atoms with Gasteiger partial charge in [-0.3, -0.25) is 4.79 Å². The molecule has 4 saturated carbocycles. The number of ether oxygens (including phenoxy) is 1. The summed E-state index contributed by atoms with van der Waals surface area (Å²) >= 11 is 0. The largest absolute Gasteiger partial charge is 0.470 e. The summed E-state index contributed by atoms with van der Waals surface area (Å²) in [6.45, 7) is 0.453. The molecule has 0 unspecified atom stereocenters. The van der Waals surface area contributed by atoms with E-state index in [2.05, 4.69) is 5.32 Å². The van der Waals surface area contributed by atoms with Gasteiger partial charge in [-0.1, -0.05) is 0 Å². The van der Waals surface area contributed by atoms with Crippen molar-refractivity contribution in [3.63, 3.8) is 0 Å². The van der Waals surface area contributed by atoms with Crippen LogP contribution in [0.4, 0.5) is 0 Å². The summed E-state index contributed by atoms with van der Waals surface area (Å²) in [5, 5.41) is 3.61. The second kappa shape index (κ2) is 3.98. The minimum absolute atomic E-state index is 0.0507. The molecule has 0 aromatic heterocycles. The fraction of sp³-hybridized carbons (Fsp3) is 0.800. The Morgan fingerprint density at radius 2 is 1.74 bits per heavy atom. The van der Waals surface area contributed by atoms with Crippen LogP contribution in [0.3, 0.4) is 0 Å². The molecule has 3 N–H and O–H groups in total. The van der Waals surface area contributed by atoms with Crippen LogP contribution in [0.2, 0.25) is 0 Å². The van der Waals surface area contributed by atoms with Crippen LogP contribution in [0.1, 0.15) is 38.5 Å². The fourth-order valence-electron chi connectivity index (χ4n) is 5.26. The summed E-state index contributed by atoms with van der Waals surface area (Å²) in [5.74, 6) is 3.40. The Balaban J connectivity index is 1.60. The molecule has 4 nitrogen and oxygen atoms in total. The zero-order valence-electron chi connectivity index (χ0n) is 11.3. The van der Waals surface area contributed by atoms with E-state index in [4.69, 9.17) is 10.5 Å². The third-order valence-corrected chi connectivity index (χ3v) is 5.58. The molecule has 0 saturated heterocycles. The van der Waals surface area contributed by atoms with Gasteiger partial charge in [0.1, 0.15) is 0 Å². The third kappa shape index (κ3) is 1.80. The molecule has 0 atom stereocenters. The van der Waals surface area contributed by atoms with E-state index < -0.39 is 0 Å². The van der Waals surface area contributed by atoms with Gasteiger partial charge in [0.05, 0.1) is 5.57 Å². The van der Waals surface area contributed by atoms with E-state index in [0.29, 0.717) is 11.5 Å². The van der Waals surface area contributed by atoms with Gasteiger partial charge < -0.3 is 15.8 Å². The Bertz CT molecular complexity index is 420. The highest BCUT2D eigenvalue weighted by atomic mass is 16.5. The Morgan fingerprint density at radius 1 is 1.16 bits per heavy atom. The number of ketones is 1. The SMILES string of the molecule is NCC1=C(NC23CC4CC(CC(C4)C2)C3)OCC1=O. The predicted octanol–water partition coefficient (Wildman–Crippen LogP) is 1.31. The minimum atomic E-state index is 0.0507. The van der Waals surface area contributed by atoms with E-state index in [-0.39, 0.29) is 24.5 Å². The average Bonchev–Trinajstić information content (AvgIpc) is 2.67. The fourth-order valence-corrected chi connectivity index (χ4v) is 5.26. The van der Waals surface area contributed by atoms with Crippen molar-refractivity contribution < 1.29 is 9.53 Å². The second-order valence-electron chi connectivity index (χ2n) is 7.05. The van der Waals surface area contributed by atoms with Crippen molar-refractivity contribution in [3.05, 3.63) is 11.5 Å². The van der Waals surface area contributed by atoms with Crippen molar-refractivity contribution in [3.8, 4) is 0 Å². The smallest absolute Gasteiger partial charge is 0.202 e. The molecule has 4 aliphatic carbocycles. The first-order chi connectivity index (χ1) is 9.17. The quantitative estimate of drug-likeness (QED) is 0.805. The van der Waals surface area contributed by atoms with Gasteiger partial charge in [0.25, 0.3) is 0 Å². The highest BCUT2D eigenvalue weighted by Crippen LogP contribution is 2.56. The van der Waals surface area contributed by atoms with E-state index in [1.165, 1.54) is 38.5 Å². The number of carbonyl (C=O) groups excluding carboxylic acids is 1. The lowest BCUT2D eigenvalue weighted by Crippen LogP contribution is -2.58. The monoisotopic (exact) mass is 262 g/mol. The van der Waals surface area contributed by atoms with E-state index in [0.717, 1.165) is 17.8 Å². The Kier molecular flexibility index (Phi) is 2.47. The van der Waals surface area contributed by atoms with Crippen molar-refractivity contribution in [1.82, 2.24) is 5.32 Å². The van der Waals surface area contributed by atoms with E-state index in [9.17, 15) is 4.79 Å². The summed E-state index contributed by atoms with van der Waals surface area (Å²) in [6.07, 6.45) is 8.00. The zero-order chi connectivity index (χ0) is 13.0. The van der Waals surface area contributed by atoms with Crippen LogP contribution in [0.5, 0.6) is 0 Å². The van der Waals surface area contributed by atoms with Crippen LogP contribution in [0.15, 0.2) is 11.5 Å². The van der Waals surface area contributed by atoms with E-state index >= 15 is 0 Å². The van der Waals surface area contributed by atoms with Crippen molar-refractivity contribution in [2.75, 3.05) is 13.2 Å². The van der Waals surface area contributed by atoms with Crippen molar-refractivity contribution in [2.45, 2.75) is 44.1 Å². The first-order valence-electron chi connectivity index (χ1n) is 7.55. The molecular weight excluding hydrogens is 240 g/mol. The summed E-state index contributed by atoms with van der Waals surface area (Å²) in [6, 6.07) is 0. The molecule has 5 aliphatic rings. The lowest BCUT2D eigenvalue weighted by atomic mass is 9.53. The summed E-state index contributed by atoms with van der Waals surface area (Å²) < 4.78 is 5.55. The lowest BCUT2D eigenvalue weighted by molar-refractivity contribution is -0.116. The number of Topliss-reactive ketones (excluding diaryl/α,β-unsaturated/α-hetero) is 1. The van der Waals surface area contributed by atoms with Gasteiger partial charge in [-0.25, -0.2) is 0 Å². The topological polar surface area (TPSA) is 64.3 Å². The maximum absolute atomic E-state index is 11.7. The van der Waals surface area contributed by atoms with Gasteiger partial charge in [0.15, 0.2) is 12.5 Å². The zero-order valence-corrected chi connectivity index (χ0v) is 11.3. The molecule has 4 bridgehead atoms. The Labute approximate surface area is 113 Å². The molecule has 0 spiro atoms. The number of nitrogens with one attached hydrogen (secondary N) is 1. The number of hydrogen-bond donors (Lipinski definition) is 2. The Morgan fingerprint density at radius 3 is 2.26 bits per heavy atom. The molecule has 0 radical (unpaired) electrons. The normalized spacial score (nSPS) is 43.8. The first kappa shape index (κ1) is 11.8. The van der Waals surface area contributed by atoms with Crippen LogP contribution >= 0.6 is 0 Å². The first-order valence-corrected chi connectivity index (χ1v) is 7.55. The standard InChI is InChI=1S/C15H22N2O2/c16-7-12-13(18)8-19-14(12)17-15-4-9-1-10(5-15)3-11(2-9)6-15/h9-11,17H,1-8,16H2. The number of rotatable bonds is 3. The number of carbonyl (C=O) groups is 1. The molecular formula is C15H22N2O2. The van der Waals surface area contributed by atoms with Crippen LogP contribution in [0, 0.1) is 17.8 Å². The summed E-state index contributed by atoms with van der Waals surface area (Å²) in [4.78, 5) is 11.7. The highest BCUT2D eigenvalue weighted by molar-refractivity contribution is 5.98. The second-order valence-corrected chi connectivity index (χ2v) is 7.05. The van der Waals surface area contributed by atoms with Crippen LogP contribution in [-0.2, 0) is 9.53 Å². The maximum atomic E-state index is 11.7. The van der Waals surface area contributed by atoms with Crippen molar-refractivity contribution in [1.29, 1.82) is 0 Å². The van der Waals surface area contributed by atoms with Crippen LogP contribution in [-0.4, -0.2) is 24.5 Å². The van der Waals surface area contributed by atoms with Gasteiger partial charge in [-0.2, -0.15) is 0 Å². The van der Waals surface area contributed by atoms with Gasteiger partial charge in [0.2, 0.25) is 5.78 Å². The number of hydrogen-bond acceptors (Lipinski definition) is 4. The molecule has 1 heterocycles. The molecule has 0 amide bonds. The molecule has 0 aromatic carbocycles. The third-order valence-electron chi connectivity index (χ3n) is 5.58. The molecule has 1 aliphatic heterocycles. The van der Waals surface area contributed by atoms with Crippen LogP contribution < -0.4 is 11.1 Å².